The normalized spacial score (nSPS) is 16.0. The van der Waals surface area contributed by atoms with E-state index in [9.17, 15) is 5.11 Å². The zero-order valence-electron chi connectivity index (χ0n) is 12.7. The molecule has 2 aromatic rings. The van der Waals surface area contributed by atoms with Crippen molar-refractivity contribution >= 4 is 27.5 Å². The lowest BCUT2D eigenvalue weighted by molar-refractivity contribution is 0.0765. The molecule has 23 heavy (non-hydrogen) atoms. The van der Waals surface area contributed by atoms with Crippen LogP contribution in [0.5, 0.6) is 5.75 Å². The van der Waals surface area contributed by atoms with Crippen LogP contribution < -0.4 is 4.74 Å². The number of hydrogen-bond acceptors (Lipinski definition) is 3. The molecule has 0 spiro atoms. The van der Waals surface area contributed by atoms with E-state index >= 15 is 0 Å². The SMILES string of the molecule is OC(CN1CCC1)c1cc(Br)ccc1OCc1ccc(Cl)cc1. The second-order valence-electron chi connectivity index (χ2n) is 5.77. The number of β-amino-alcohol motifs (C(OH)–C–C–N with tert-alkyl or cyclic N) is 1. The van der Waals surface area contributed by atoms with Crippen LogP contribution in [0.25, 0.3) is 0 Å². The number of rotatable bonds is 6. The zero-order valence-corrected chi connectivity index (χ0v) is 15.1. The number of ether oxygens (including phenoxy) is 1. The van der Waals surface area contributed by atoms with E-state index in [4.69, 9.17) is 16.3 Å². The quantitative estimate of drug-likeness (QED) is 0.784. The summed E-state index contributed by atoms with van der Waals surface area (Å²) in [6, 6.07) is 13.3. The summed E-state index contributed by atoms with van der Waals surface area (Å²) in [5.74, 6) is 0.719. The Morgan fingerprint density at radius 2 is 1.91 bits per heavy atom. The van der Waals surface area contributed by atoms with Crippen molar-refractivity contribution < 1.29 is 9.84 Å². The molecular weight excluding hydrogens is 378 g/mol. The summed E-state index contributed by atoms with van der Waals surface area (Å²) in [6.45, 7) is 3.22. The van der Waals surface area contributed by atoms with Gasteiger partial charge in [0.1, 0.15) is 12.4 Å². The molecule has 1 heterocycles. The average molecular weight is 397 g/mol. The monoisotopic (exact) mass is 395 g/mol. The molecule has 1 aliphatic rings. The van der Waals surface area contributed by atoms with Crippen molar-refractivity contribution in [2.45, 2.75) is 19.1 Å². The van der Waals surface area contributed by atoms with E-state index in [0.717, 1.165) is 34.4 Å². The lowest BCUT2D eigenvalue weighted by Crippen LogP contribution is -2.39. The standard InChI is InChI=1S/C18H19BrClNO2/c19-14-4-7-18(23-12-13-2-5-15(20)6-3-13)16(10-14)17(22)11-21-8-1-9-21/h2-7,10,17,22H,1,8-9,11-12H2. The maximum absolute atomic E-state index is 10.5. The van der Waals surface area contributed by atoms with Crippen molar-refractivity contribution in [3.05, 3.63) is 63.1 Å². The molecule has 1 atom stereocenters. The first-order valence-corrected chi connectivity index (χ1v) is 8.86. The maximum Gasteiger partial charge on any atom is 0.125 e. The minimum absolute atomic E-state index is 0.447. The Kier molecular flexibility index (Phi) is 5.59. The number of benzene rings is 2. The molecule has 1 aliphatic heterocycles. The first-order chi connectivity index (χ1) is 11.1. The molecule has 0 saturated carbocycles. The van der Waals surface area contributed by atoms with Crippen LogP contribution in [0, 0.1) is 0 Å². The molecule has 0 bridgehead atoms. The largest absolute Gasteiger partial charge is 0.489 e. The highest BCUT2D eigenvalue weighted by molar-refractivity contribution is 9.10. The Balaban J connectivity index is 1.71. The van der Waals surface area contributed by atoms with Gasteiger partial charge >= 0.3 is 0 Å². The van der Waals surface area contributed by atoms with Crippen LogP contribution in [0.1, 0.15) is 23.7 Å². The third-order valence-electron chi connectivity index (χ3n) is 4.02. The second kappa shape index (κ2) is 7.67. The molecule has 122 valence electrons. The van der Waals surface area contributed by atoms with Gasteiger partial charge in [-0.3, -0.25) is 0 Å². The van der Waals surface area contributed by atoms with Crippen molar-refractivity contribution in [3.63, 3.8) is 0 Å². The van der Waals surface area contributed by atoms with Gasteiger partial charge in [-0.15, -0.1) is 0 Å². The summed E-state index contributed by atoms with van der Waals surface area (Å²) in [7, 11) is 0. The predicted molar refractivity (Wildman–Crippen MR) is 95.9 cm³/mol. The molecule has 1 N–H and O–H groups in total. The number of likely N-dealkylation sites (tertiary alicyclic amines) is 1. The van der Waals surface area contributed by atoms with Gasteiger partial charge in [-0.1, -0.05) is 39.7 Å². The highest BCUT2D eigenvalue weighted by Crippen LogP contribution is 2.30. The molecule has 1 fully saturated rings. The zero-order chi connectivity index (χ0) is 16.2. The molecule has 0 amide bonds. The fourth-order valence-corrected chi connectivity index (χ4v) is 3.06. The minimum atomic E-state index is -0.548. The van der Waals surface area contributed by atoms with Crippen LogP contribution in [0.2, 0.25) is 5.02 Å². The first kappa shape index (κ1) is 16.8. The molecule has 2 aromatic carbocycles. The van der Waals surface area contributed by atoms with Gasteiger partial charge < -0.3 is 14.7 Å². The highest BCUT2D eigenvalue weighted by Gasteiger charge is 2.21. The van der Waals surface area contributed by atoms with E-state index in [-0.39, 0.29) is 0 Å². The molecule has 1 unspecified atom stereocenters. The van der Waals surface area contributed by atoms with Gasteiger partial charge in [-0.25, -0.2) is 0 Å². The summed E-state index contributed by atoms with van der Waals surface area (Å²) in [4.78, 5) is 2.24. The van der Waals surface area contributed by atoms with Gasteiger partial charge in [0.25, 0.3) is 0 Å². The van der Waals surface area contributed by atoms with E-state index < -0.39 is 6.10 Å². The molecule has 0 radical (unpaired) electrons. The molecule has 3 nitrogen and oxygen atoms in total. The number of aliphatic hydroxyl groups is 1. The molecule has 0 aromatic heterocycles. The van der Waals surface area contributed by atoms with Gasteiger partial charge in [0, 0.05) is 21.6 Å². The Labute approximate surface area is 150 Å². The third kappa shape index (κ3) is 4.48. The summed E-state index contributed by atoms with van der Waals surface area (Å²) in [5.41, 5.74) is 1.86. The van der Waals surface area contributed by atoms with E-state index in [0.29, 0.717) is 18.2 Å². The fraction of sp³-hybridized carbons (Fsp3) is 0.333. The number of aliphatic hydroxyl groups excluding tert-OH is 1. The summed E-state index contributed by atoms with van der Waals surface area (Å²) in [6.07, 6.45) is 0.665. The topological polar surface area (TPSA) is 32.7 Å². The summed E-state index contributed by atoms with van der Waals surface area (Å²) >= 11 is 9.37. The fourth-order valence-electron chi connectivity index (χ4n) is 2.56. The van der Waals surface area contributed by atoms with Crippen LogP contribution in [-0.4, -0.2) is 29.6 Å². The Morgan fingerprint density at radius 1 is 1.17 bits per heavy atom. The predicted octanol–water partition coefficient (Wildman–Crippen LogP) is 4.42. The van der Waals surface area contributed by atoms with Crippen LogP contribution >= 0.6 is 27.5 Å². The average Bonchev–Trinajstić information content (AvgIpc) is 2.51. The highest BCUT2D eigenvalue weighted by atomic mass is 79.9. The van der Waals surface area contributed by atoms with Crippen molar-refractivity contribution in [2.24, 2.45) is 0 Å². The lowest BCUT2D eigenvalue weighted by atomic mass is 10.1. The van der Waals surface area contributed by atoms with E-state index in [1.54, 1.807) is 0 Å². The summed E-state index contributed by atoms with van der Waals surface area (Å²) < 4.78 is 6.87. The van der Waals surface area contributed by atoms with Crippen LogP contribution in [0.3, 0.4) is 0 Å². The second-order valence-corrected chi connectivity index (χ2v) is 7.12. The number of nitrogens with zero attached hydrogens (tertiary/aromatic N) is 1. The van der Waals surface area contributed by atoms with E-state index in [1.807, 2.05) is 42.5 Å². The van der Waals surface area contributed by atoms with Crippen molar-refractivity contribution in [1.82, 2.24) is 4.90 Å². The van der Waals surface area contributed by atoms with Crippen molar-refractivity contribution in [3.8, 4) is 5.75 Å². The van der Waals surface area contributed by atoms with Crippen LogP contribution in [-0.2, 0) is 6.61 Å². The Hall–Kier alpha value is -1.07. The van der Waals surface area contributed by atoms with Crippen LogP contribution in [0.4, 0.5) is 0 Å². The molecule has 5 heteroatoms. The number of halogens is 2. The van der Waals surface area contributed by atoms with Gasteiger partial charge in [-0.05, 0) is 55.4 Å². The van der Waals surface area contributed by atoms with E-state index in [1.165, 1.54) is 6.42 Å². The van der Waals surface area contributed by atoms with Gasteiger partial charge in [-0.2, -0.15) is 0 Å². The maximum atomic E-state index is 10.5. The van der Waals surface area contributed by atoms with Crippen LogP contribution in [0.15, 0.2) is 46.9 Å². The summed E-state index contributed by atoms with van der Waals surface area (Å²) in [5, 5.41) is 11.2. The van der Waals surface area contributed by atoms with Gasteiger partial charge in [0.2, 0.25) is 0 Å². The Bertz CT molecular complexity index is 659. The third-order valence-corrected chi connectivity index (χ3v) is 4.76. The lowest BCUT2D eigenvalue weighted by Gasteiger charge is -2.32. The van der Waals surface area contributed by atoms with E-state index in [2.05, 4.69) is 20.8 Å². The van der Waals surface area contributed by atoms with Crippen molar-refractivity contribution in [2.75, 3.05) is 19.6 Å². The first-order valence-electron chi connectivity index (χ1n) is 7.69. The van der Waals surface area contributed by atoms with Crippen molar-refractivity contribution in [1.29, 1.82) is 0 Å². The molecule has 1 saturated heterocycles. The minimum Gasteiger partial charge on any atom is -0.489 e. The molecule has 3 rings (SSSR count). The smallest absolute Gasteiger partial charge is 0.125 e. The Morgan fingerprint density at radius 3 is 2.57 bits per heavy atom. The molecular formula is C18H19BrClNO2. The van der Waals surface area contributed by atoms with Gasteiger partial charge in [0.05, 0.1) is 6.10 Å². The molecule has 0 aliphatic carbocycles. The van der Waals surface area contributed by atoms with Gasteiger partial charge in [0.15, 0.2) is 0 Å². The number of hydrogen-bond donors (Lipinski definition) is 1.